The van der Waals surface area contributed by atoms with Gasteiger partial charge in [0, 0.05) is 18.6 Å². The number of fused-ring (bicyclic) bond motifs is 1. The van der Waals surface area contributed by atoms with Gasteiger partial charge in [0.25, 0.3) is 0 Å². The summed E-state index contributed by atoms with van der Waals surface area (Å²) in [5.74, 6) is 0. The highest BCUT2D eigenvalue weighted by Gasteiger charge is 2.34. The molecular weight excluding hydrogens is 196 g/mol. The number of hydrogen-bond acceptors (Lipinski definition) is 2. The summed E-state index contributed by atoms with van der Waals surface area (Å²) in [5, 5.41) is 3.80. The maximum atomic E-state index is 3.80. The van der Waals surface area contributed by atoms with Crippen molar-refractivity contribution in [1.82, 2.24) is 10.2 Å². The fraction of sp³-hybridized carbons (Fsp3) is 1.00. The molecule has 0 spiro atoms. The van der Waals surface area contributed by atoms with Crippen LogP contribution < -0.4 is 5.32 Å². The summed E-state index contributed by atoms with van der Waals surface area (Å²) in [4.78, 5) is 2.71. The second kappa shape index (κ2) is 5.05. The zero-order valence-electron chi connectivity index (χ0n) is 11.3. The van der Waals surface area contributed by atoms with E-state index >= 15 is 0 Å². The van der Waals surface area contributed by atoms with Crippen molar-refractivity contribution in [2.24, 2.45) is 5.41 Å². The molecule has 0 aromatic heterocycles. The van der Waals surface area contributed by atoms with Gasteiger partial charge in [-0.15, -0.1) is 0 Å². The van der Waals surface area contributed by atoms with Crippen molar-refractivity contribution in [2.75, 3.05) is 19.6 Å². The van der Waals surface area contributed by atoms with E-state index in [2.05, 4.69) is 31.0 Å². The van der Waals surface area contributed by atoms with Crippen molar-refractivity contribution in [3.05, 3.63) is 0 Å². The molecular formula is C14H28N2. The third-order valence-electron chi connectivity index (χ3n) is 4.14. The second-order valence-electron chi connectivity index (χ2n) is 6.76. The fourth-order valence-electron chi connectivity index (χ4n) is 3.12. The highest BCUT2D eigenvalue weighted by molar-refractivity contribution is 4.93. The summed E-state index contributed by atoms with van der Waals surface area (Å²) in [7, 11) is 0. The minimum absolute atomic E-state index is 0.470. The molecule has 2 fully saturated rings. The average Bonchev–Trinajstić information content (AvgIpc) is 2.60. The Balaban J connectivity index is 1.74. The molecule has 0 aromatic carbocycles. The normalized spacial score (nSPS) is 31.7. The highest BCUT2D eigenvalue weighted by Crippen LogP contribution is 2.27. The van der Waals surface area contributed by atoms with Gasteiger partial charge in [-0.2, -0.15) is 0 Å². The molecule has 2 heteroatoms. The first-order valence-corrected chi connectivity index (χ1v) is 7.04. The van der Waals surface area contributed by atoms with Crippen LogP contribution in [0.5, 0.6) is 0 Å². The molecule has 0 saturated carbocycles. The van der Waals surface area contributed by atoms with Crippen molar-refractivity contribution < 1.29 is 0 Å². The van der Waals surface area contributed by atoms with E-state index in [4.69, 9.17) is 0 Å². The third-order valence-corrected chi connectivity index (χ3v) is 4.14. The van der Waals surface area contributed by atoms with Crippen molar-refractivity contribution >= 4 is 0 Å². The lowest BCUT2D eigenvalue weighted by molar-refractivity contribution is 0.179. The van der Waals surface area contributed by atoms with Crippen molar-refractivity contribution in [1.29, 1.82) is 0 Å². The molecule has 2 atom stereocenters. The van der Waals surface area contributed by atoms with Crippen LogP contribution in [0, 0.1) is 5.41 Å². The Morgan fingerprint density at radius 3 is 2.69 bits per heavy atom. The quantitative estimate of drug-likeness (QED) is 0.793. The Morgan fingerprint density at radius 2 is 1.94 bits per heavy atom. The third kappa shape index (κ3) is 3.21. The summed E-state index contributed by atoms with van der Waals surface area (Å²) >= 11 is 0. The predicted octanol–water partition coefficient (Wildman–Crippen LogP) is 2.64. The van der Waals surface area contributed by atoms with Crippen LogP contribution in [0.15, 0.2) is 0 Å². The summed E-state index contributed by atoms with van der Waals surface area (Å²) in [6.07, 6.45) is 6.95. The molecule has 2 rings (SSSR count). The molecule has 0 aliphatic carbocycles. The van der Waals surface area contributed by atoms with Crippen LogP contribution in [0.1, 0.15) is 52.9 Å². The van der Waals surface area contributed by atoms with Crippen molar-refractivity contribution in [3.63, 3.8) is 0 Å². The van der Waals surface area contributed by atoms with Gasteiger partial charge in [-0.3, -0.25) is 4.90 Å². The Kier molecular flexibility index (Phi) is 3.91. The van der Waals surface area contributed by atoms with Gasteiger partial charge >= 0.3 is 0 Å². The van der Waals surface area contributed by atoms with Crippen LogP contribution in [-0.4, -0.2) is 36.6 Å². The Labute approximate surface area is 101 Å². The van der Waals surface area contributed by atoms with E-state index < -0.39 is 0 Å². The molecule has 1 N–H and O–H groups in total. The van der Waals surface area contributed by atoms with Gasteiger partial charge in [-0.1, -0.05) is 27.2 Å². The average molecular weight is 224 g/mol. The number of hydrogen-bond donors (Lipinski definition) is 1. The summed E-state index contributed by atoms with van der Waals surface area (Å²) in [5.41, 5.74) is 0.470. The molecule has 16 heavy (non-hydrogen) atoms. The molecule has 0 aromatic rings. The van der Waals surface area contributed by atoms with Gasteiger partial charge in [0.15, 0.2) is 0 Å². The number of nitrogens with one attached hydrogen (secondary N) is 1. The molecule has 94 valence electrons. The maximum absolute atomic E-state index is 3.80. The van der Waals surface area contributed by atoms with Crippen LogP contribution in [0.2, 0.25) is 0 Å². The zero-order valence-corrected chi connectivity index (χ0v) is 11.3. The standard InChI is InChI=1S/C14H28N2/c1-14(2,3)8-9-15-12-7-11-16-10-5-4-6-13(12)16/h12-13,15H,4-11H2,1-3H3. The van der Waals surface area contributed by atoms with E-state index in [-0.39, 0.29) is 0 Å². The Hall–Kier alpha value is -0.0800. The van der Waals surface area contributed by atoms with Crippen LogP contribution in [0.4, 0.5) is 0 Å². The van der Waals surface area contributed by atoms with Crippen molar-refractivity contribution in [3.8, 4) is 0 Å². The summed E-state index contributed by atoms with van der Waals surface area (Å²) in [6.45, 7) is 10.9. The number of rotatable bonds is 3. The van der Waals surface area contributed by atoms with Gasteiger partial charge in [-0.05, 0) is 44.2 Å². The van der Waals surface area contributed by atoms with Crippen LogP contribution in [-0.2, 0) is 0 Å². The lowest BCUT2D eigenvalue weighted by Gasteiger charge is -2.33. The predicted molar refractivity (Wildman–Crippen MR) is 69.7 cm³/mol. The molecule has 0 bridgehead atoms. The van der Waals surface area contributed by atoms with Crippen LogP contribution in [0.3, 0.4) is 0 Å². The smallest absolute Gasteiger partial charge is 0.0249 e. The lowest BCUT2D eigenvalue weighted by Crippen LogP contribution is -2.45. The highest BCUT2D eigenvalue weighted by atomic mass is 15.2. The molecule has 2 unspecified atom stereocenters. The molecule has 0 radical (unpaired) electrons. The SMILES string of the molecule is CC(C)(C)CCNC1CCN2CCCCC12. The van der Waals surface area contributed by atoms with Gasteiger partial charge in [0.05, 0.1) is 0 Å². The van der Waals surface area contributed by atoms with E-state index in [9.17, 15) is 0 Å². The van der Waals surface area contributed by atoms with Gasteiger partial charge < -0.3 is 5.32 Å². The lowest BCUT2D eigenvalue weighted by atomic mass is 9.92. The van der Waals surface area contributed by atoms with E-state index in [1.54, 1.807) is 0 Å². The van der Waals surface area contributed by atoms with E-state index in [0.717, 1.165) is 12.1 Å². The topological polar surface area (TPSA) is 15.3 Å². The first kappa shape index (κ1) is 12.4. The Bertz CT molecular complexity index is 219. The number of nitrogens with zero attached hydrogens (tertiary/aromatic N) is 1. The second-order valence-corrected chi connectivity index (χ2v) is 6.76. The van der Waals surface area contributed by atoms with E-state index in [1.807, 2.05) is 0 Å². The molecule has 0 amide bonds. The fourth-order valence-corrected chi connectivity index (χ4v) is 3.12. The van der Waals surface area contributed by atoms with Crippen LogP contribution >= 0.6 is 0 Å². The first-order chi connectivity index (χ1) is 7.56. The molecule has 2 aliphatic heterocycles. The minimum Gasteiger partial charge on any atom is -0.312 e. The molecule has 2 aliphatic rings. The zero-order chi connectivity index (χ0) is 11.6. The van der Waals surface area contributed by atoms with Gasteiger partial charge in [0.2, 0.25) is 0 Å². The summed E-state index contributed by atoms with van der Waals surface area (Å²) < 4.78 is 0. The van der Waals surface area contributed by atoms with Crippen LogP contribution in [0.25, 0.3) is 0 Å². The van der Waals surface area contributed by atoms with E-state index in [0.29, 0.717) is 5.41 Å². The Morgan fingerprint density at radius 1 is 1.12 bits per heavy atom. The first-order valence-electron chi connectivity index (χ1n) is 7.04. The van der Waals surface area contributed by atoms with Gasteiger partial charge in [-0.25, -0.2) is 0 Å². The van der Waals surface area contributed by atoms with Crippen molar-refractivity contribution in [2.45, 2.75) is 65.0 Å². The maximum Gasteiger partial charge on any atom is 0.0249 e. The summed E-state index contributed by atoms with van der Waals surface area (Å²) in [6, 6.07) is 1.64. The molecule has 2 saturated heterocycles. The van der Waals surface area contributed by atoms with E-state index in [1.165, 1.54) is 51.7 Å². The monoisotopic (exact) mass is 224 g/mol. The largest absolute Gasteiger partial charge is 0.312 e. The minimum atomic E-state index is 0.470. The number of piperidine rings is 1. The molecule has 2 nitrogen and oxygen atoms in total. The molecule has 2 heterocycles. The van der Waals surface area contributed by atoms with Gasteiger partial charge in [0.1, 0.15) is 0 Å².